The lowest BCUT2D eigenvalue weighted by molar-refractivity contribution is -0.115. The molecule has 32 heavy (non-hydrogen) atoms. The van der Waals surface area contributed by atoms with Crippen molar-refractivity contribution < 1.29 is 4.79 Å². The molecular formula is C23H25N7O2. The van der Waals surface area contributed by atoms with Crippen LogP contribution in [0.15, 0.2) is 35.1 Å². The molecule has 5 rings (SSSR count). The number of hydrogen-bond acceptors (Lipinski definition) is 5. The standard InChI is InChI=1S/C23H25N7O2/c1-14-18(15(2)30-20(24-14)13-22(32)28-30)12-21(31)25-17-8-6-7-16(11-17)23-27-26-19-9-4-3-5-10-29(19)23/h6-8,11,13H,3-5,9-10,12H2,1-2H3,(H,25,31)(H,28,32). The summed E-state index contributed by atoms with van der Waals surface area (Å²) in [5.41, 5.74) is 4.29. The fourth-order valence-electron chi connectivity index (χ4n) is 4.41. The van der Waals surface area contributed by atoms with Gasteiger partial charge in [0, 0.05) is 47.2 Å². The number of aromatic nitrogens is 6. The number of nitrogens with one attached hydrogen (secondary N) is 2. The highest BCUT2D eigenvalue weighted by Crippen LogP contribution is 2.25. The van der Waals surface area contributed by atoms with Gasteiger partial charge in [-0.3, -0.25) is 14.7 Å². The van der Waals surface area contributed by atoms with Crippen molar-refractivity contribution in [2.75, 3.05) is 5.32 Å². The van der Waals surface area contributed by atoms with E-state index in [1.165, 1.54) is 12.5 Å². The van der Waals surface area contributed by atoms with Crippen LogP contribution in [0.5, 0.6) is 0 Å². The third kappa shape index (κ3) is 3.70. The summed E-state index contributed by atoms with van der Waals surface area (Å²) in [5, 5.41) is 14.5. The van der Waals surface area contributed by atoms with Crippen LogP contribution < -0.4 is 10.9 Å². The Morgan fingerprint density at radius 1 is 1.16 bits per heavy atom. The molecule has 9 nitrogen and oxygen atoms in total. The lowest BCUT2D eigenvalue weighted by atomic mass is 10.1. The summed E-state index contributed by atoms with van der Waals surface area (Å²) in [7, 11) is 0. The summed E-state index contributed by atoms with van der Waals surface area (Å²) in [5.74, 6) is 1.73. The minimum Gasteiger partial charge on any atom is -0.326 e. The van der Waals surface area contributed by atoms with Crippen LogP contribution in [0.25, 0.3) is 17.0 Å². The van der Waals surface area contributed by atoms with Crippen molar-refractivity contribution in [2.45, 2.75) is 52.5 Å². The quantitative estimate of drug-likeness (QED) is 0.516. The van der Waals surface area contributed by atoms with Crippen molar-refractivity contribution in [1.82, 2.24) is 29.4 Å². The van der Waals surface area contributed by atoms with E-state index < -0.39 is 0 Å². The van der Waals surface area contributed by atoms with Gasteiger partial charge in [-0.05, 0) is 38.8 Å². The number of fused-ring (bicyclic) bond motifs is 2. The van der Waals surface area contributed by atoms with Gasteiger partial charge in [0.05, 0.1) is 6.42 Å². The van der Waals surface area contributed by atoms with Gasteiger partial charge < -0.3 is 9.88 Å². The molecule has 1 aliphatic heterocycles. The van der Waals surface area contributed by atoms with Crippen molar-refractivity contribution in [3.63, 3.8) is 0 Å². The van der Waals surface area contributed by atoms with Crippen LogP contribution in [-0.2, 0) is 24.2 Å². The topological polar surface area (TPSA) is 110 Å². The van der Waals surface area contributed by atoms with E-state index in [-0.39, 0.29) is 17.9 Å². The molecule has 4 heterocycles. The van der Waals surface area contributed by atoms with Crippen LogP contribution in [0.2, 0.25) is 0 Å². The monoisotopic (exact) mass is 431 g/mol. The Kier molecular flexibility index (Phi) is 5.08. The lowest BCUT2D eigenvalue weighted by Crippen LogP contribution is -2.18. The van der Waals surface area contributed by atoms with Gasteiger partial charge in [-0.1, -0.05) is 18.6 Å². The normalized spacial score (nSPS) is 13.7. The molecule has 0 saturated heterocycles. The molecule has 0 fully saturated rings. The molecule has 1 aromatic carbocycles. The van der Waals surface area contributed by atoms with Gasteiger partial charge in [0.1, 0.15) is 5.82 Å². The Balaban J connectivity index is 1.38. The molecule has 1 amide bonds. The molecule has 0 unspecified atom stereocenters. The largest absolute Gasteiger partial charge is 0.326 e. The summed E-state index contributed by atoms with van der Waals surface area (Å²) in [6, 6.07) is 9.15. The second-order valence-corrected chi connectivity index (χ2v) is 8.28. The highest BCUT2D eigenvalue weighted by atomic mass is 16.1. The van der Waals surface area contributed by atoms with E-state index in [1.807, 2.05) is 38.1 Å². The molecule has 9 heteroatoms. The molecule has 3 aromatic heterocycles. The number of carbonyl (C=O) groups is 1. The number of nitrogens with zero attached hydrogens (tertiary/aromatic N) is 5. The SMILES string of the molecule is Cc1nc2cc(=O)[nH]n2c(C)c1CC(=O)Nc1cccc(-c2nnc3n2CCCCC3)c1. The van der Waals surface area contributed by atoms with E-state index in [4.69, 9.17) is 0 Å². The van der Waals surface area contributed by atoms with Crippen molar-refractivity contribution in [3.8, 4) is 11.4 Å². The van der Waals surface area contributed by atoms with E-state index >= 15 is 0 Å². The van der Waals surface area contributed by atoms with Gasteiger partial charge in [0.15, 0.2) is 11.5 Å². The third-order valence-corrected chi connectivity index (χ3v) is 6.05. The Morgan fingerprint density at radius 3 is 2.91 bits per heavy atom. The zero-order chi connectivity index (χ0) is 22.2. The number of rotatable bonds is 4. The predicted molar refractivity (Wildman–Crippen MR) is 121 cm³/mol. The number of carbonyl (C=O) groups excluding carboxylic acids is 1. The van der Waals surface area contributed by atoms with E-state index in [2.05, 4.69) is 30.2 Å². The number of amides is 1. The summed E-state index contributed by atoms with van der Waals surface area (Å²) in [6.45, 7) is 4.65. The summed E-state index contributed by atoms with van der Waals surface area (Å²) >= 11 is 0. The molecule has 0 spiro atoms. The molecule has 2 N–H and O–H groups in total. The molecular weight excluding hydrogens is 406 g/mol. The van der Waals surface area contributed by atoms with Crippen LogP contribution in [-0.4, -0.2) is 35.3 Å². The molecule has 164 valence electrons. The highest BCUT2D eigenvalue weighted by Gasteiger charge is 2.17. The maximum Gasteiger partial charge on any atom is 0.266 e. The van der Waals surface area contributed by atoms with Gasteiger partial charge in [-0.15, -0.1) is 10.2 Å². The van der Waals surface area contributed by atoms with E-state index in [0.29, 0.717) is 11.3 Å². The zero-order valence-corrected chi connectivity index (χ0v) is 18.2. The maximum atomic E-state index is 12.9. The first-order valence-electron chi connectivity index (χ1n) is 10.9. The summed E-state index contributed by atoms with van der Waals surface area (Å²) in [4.78, 5) is 29.0. The number of benzene rings is 1. The molecule has 4 aromatic rings. The highest BCUT2D eigenvalue weighted by molar-refractivity contribution is 5.93. The van der Waals surface area contributed by atoms with Gasteiger partial charge >= 0.3 is 0 Å². The first-order valence-corrected chi connectivity index (χ1v) is 10.9. The minimum absolute atomic E-state index is 0.149. The summed E-state index contributed by atoms with van der Waals surface area (Å²) in [6.07, 6.45) is 4.58. The van der Waals surface area contributed by atoms with Gasteiger partial charge in [0.2, 0.25) is 5.91 Å². The molecule has 0 radical (unpaired) electrons. The van der Waals surface area contributed by atoms with Gasteiger partial charge in [0.25, 0.3) is 5.56 Å². The maximum absolute atomic E-state index is 12.9. The third-order valence-electron chi connectivity index (χ3n) is 6.05. The van der Waals surface area contributed by atoms with Crippen LogP contribution in [0.4, 0.5) is 5.69 Å². The molecule has 0 saturated carbocycles. The molecule has 1 aliphatic rings. The van der Waals surface area contributed by atoms with Crippen LogP contribution in [0.1, 0.15) is 42.0 Å². The van der Waals surface area contributed by atoms with Crippen LogP contribution in [0.3, 0.4) is 0 Å². The Bertz CT molecular complexity index is 1380. The predicted octanol–water partition coefficient (Wildman–Crippen LogP) is 2.81. The number of H-pyrrole nitrogens is 1. The van der Waals surface area contributed by atoms with Crippen LogP contribution >= 0.6 is 0 Å². The second kappa shape index (κ2) is 8.07. The van der Waals surface area contributed by atoms with E-state index in [1.54, 1.807) is 4.52 Å². The first-order chi connectivity index (χ1) is 15.5. The molecule has 0 bridgehead atoms. The van der Waals surface area contributed by atoms with Crippen molar-refractivity contribution in [2.24, 2.45) is 0 Å². The Morgan fingerprint density at radius 2 is 2.03 bits per heavy atom. The number of hydrogen-bond donors (Lipinski definition) is 2. The lowest BCUT2D eigenvalue weighted by Gasteiger charge is -2.12. The van der Waals surface area contributed by atoms with Gasteiger partial charge in [-0.25, -0.2) is 9.50 Å². The number of aryl methyl sites for hydroxylation is 3. The van der Waals surface area contributed by atoms with Crippen molar-refractivity contribution in [3.05, 3.63) is 63.5 Å². The Hall–Kier alpha value is -3.75. The van der Waals surface area contributed by atoms with Crippen molar-refractivity contribution >= 4 is 17.2 Å². The fourth-order valence-corrected chi connectivity index (χ4v) is 4.41. The van der Waals surface area contributed by atoms with Gasteiger partial charge in [-0.2, -0.15) is 0 Å². The Labute approximate surface area is 184 Å². The van der Waals surface area contributed by atoms with E-state index in [0.717, 1.165) is 60.0 Å². The zero-order valence-electron chi connectivity index (χ0n) is 18.2. The smallest absolute Gasteiger partial charge is 0.266 e. The van der Waals surface area contributed by atoms with Crippen molar-refractivity contribution in [1.29, 1.82) is 0 Å². The second-order valence-electron chi connectivity index (χ2n) is 8.28. The minimum atomic E-state index is -0.218. The van der Waals surface area contributed by atoms with E-state index in [9.17, 15) is 9.59 Å². The molecule has 0 aliphatic carbocycles. The first kappa shape index (κ1) is 20.2. The average molecular weight is 432 g/mol. The summed E-state index contributed by atoms with van der Waals surface area (Å²) < 4.78 is 3.81. The van der Waals surface area contributed by atoms with Crippen LogP contribution in [0, 0.1) is 13.8 Å². The number of aromatic amines is 1. The molecule has 0 atom stereocenters. The number of anilines is 1. The fraction of sp³-hybridized carbons (Fsp3) is 0.348. The average Bonchev–Trinajstić information content (AvgIpc) is 3.26.